The van der Waals surface area contributed by atoms with Crippen molar-refractivity contribution in [3.05, 3.63) is 35.4 Å². The molecule has 2 heteroatoms. The Bertz CT molecular complexity index is 283. The molecule has 0 saturated heterocycles. The summed E-state index contributed by atoms with van der Waals surface area (Å²) in [6.07, 6.45) is 0.950. The molecule has 0 aromatic heterocycles. The predicted octanol–water partition coefficient (Wildman–Crippen LogP) is 1.03. The Morgan fingerprint density at radius 1 is 1.45 bits per heavy atom. The third-order valence-corrected chi connectivity index (χ3v) is 2.04. The molecule has 1 heterocycles. The maximum atomic E-state index is 10.5. The summed E-state index contributed by atoms with van der Waals surface area (Å²) in [5, 5.41) is 3.10. The van der Waals surface area contributed by atoms with Gasteiger partial charge in [0.05, 0.1) is 6.04 Å². The maximum absolute atomic E-state index is 10.5. The highest BCUT2D eigenvalue weighted by atomic mass is 16.1. The number of hydrogen-bond donors (Lipinski definition) is 1. The largest absolute Gasteiger partial charge is 0.301 e. The lowest BCUT2D eigenvalue weighted by atomic mass is 10.1. The van der Waals surface area contributed by atoms with Crippen molar-refractivity contribution in [2.45, 2.75) is 12.6 Å². The van der Waals surface area contributed by atoms with Gasteiger partial charge in [-0.15, -0.1) is 0 Å². The molecule has 2 nitrogen and oxygen atoms in total. The minimum Gasteiger partial charge on any atom is -0.301 e. The van der Waals surface area contributed by atoms with E-state index >= 15 is 0 Å². The Morgan fingerprint density at radius 2 is 2.27 bits per heavy atom. The number of carbonyl (C=O) groups is 1. The van der Waals surface area contributed by atoms with E-state index in [2.05, 4.69) is 5.32 Å². The Kier molecular flexibility index (Phi) is 1.47. The van der Waals surface area contributed by atoms with Crippen LogP contribution in [0.25, 0.3) is 0 Å². The minimum atomic E-state index is -0.0776. The lowest BCUT2D eigenvalue weighted by Crippen LogP contribution is -2.12. The van der Waals surface area contributed by atoms with Crippen molar-refractivity contribution < 1.29 is 4.79 Å². The summed E-state index contributed by atoms with van der Waals surface area (Å²) in [6, 6.07) is 7.92. The van der Waals surface area contributed by atoms with Crippen LogP contribution in [0, 0.1) is 0 Å². The highest BCUT2D eigenvalue weighted by Gasteiger charge is 2.19. The molecule has 0 radical (unpaired) electrons. The average Bonchev–Trinajstić information content (AvgIpc) is 2.47. The van der Waals surface area contributed by atoms with Gasteiger partial charge in [-0.2, -0.15) is 0 Å². The van der Waals surface area contributed by atoms with E-state index < -0.39 is 0 Å². The molecule has 2 rings (SSSR count). The fraction of sp³-hybridized carbons (Fsp3) is 0.222. The zero-order valence-corrected chi connectivity index (χ0v) is 6.08. The zero-order chi connectivity index (χ0) is 7.68. The molecule has 1 aromatic carbocycles. The molecule has 0 amide bonds. The van der Waals surface area contributed by atoms with Gasteiger partial charge in [0.25, 0.3) is 0 Å². The highest BCUT2D eigenvalue weighted by Crippen LogP contribution is 2.22. The summed E-state index contributed by atoms with van der Waals surface area (Å²) in [7, 11) is 0. The molecule has 1 atom stereocenters. The van der Waals surface area contributed by atoms with E-state index in [1.807, 2.05) is 24.3 Å². The molecule has 0 bridgehead atoms. The molecule has 56 valence electrons. The molecule has 0 saturated carbocycles. The van der Waals surface area contributed by atoms with Crippen molar-refractivity contribution in [1.82, 2.24) is 5.32 Å². The fourth-order valence-corrected chi connectivity index (χ4v) is 1.45. The molecule has 0 aliphatic carbocycles. The molecule has 1 unspecified atom stereocenters. The molecule has 0 spiro atoms. The summed E-state index contributed by atoms with van der Waals surface area (Å²) >= 11 is 0. The van der Waals surface area contributed by atoms with Gasteiger partial charge < -0.3 is 4.79 Å². The summed E-state index contributed by atoms with van der Waals surface area (Å²) in [6.45, 7) is 0.819. The number of nitrogens with one attached hydrogen (secondary N) is 1. The van der Waals surface area contributed by atoms with Crippen molar-refractivity contribution in [1.29, 1.82) is 0 Å². The first kappa shape index (κ1) is 6.55. The lowest BCUT2D eigenvalue weighted by molar-refractivity contribution is -0.109. The van der Waals surface area contributed by atoms with Gasteiger partial charge >= 0.3 is 0 Å². The molecular formula is C9H9NO. The van der Waals surface area contributed by atoms with Crippen molar-refractivity contribution in [2.75, 3.05) is 0 Å². The Balaban J connectivity index is 2.46. The van der Waals surface area contributed by atoms with E-state index in [-0.39, 0.29) is 6.04 Å². The van der Waals surface area contributed by atoms with Crippen molar-refractivity contribution in [3.8, 4) is 0 Å². The van der Waals surface area contributed by atoms with Crippen LogP contribution < -0.4 is 5.32 Å². The van der Waals surface area contributed by atoms with Gasteiger partial charge in [-0.3, -0.25) is 5.32 Å². The van der Waals surface area contributed by atoms with E-state index in [0.29, 0.717) is 0 Å². The number of aldehydes is 1. The first-order valence-electron chi connectivity index (χ1n) is 3.68. The SMILES string of the molecule is O=CC1NCc2ccccc21. The fourth-order valence-electron chi connectivity index (χ4n) is 1.45. The molecular weight excluding hydrogens is 138 g/mol. The normalized spacial score (nSPS) is 21.3. The van der Waals surface area contributed by atoms with Crippen LogP contribution in [0.4, 0.5) is 0 Å². The first-order chi connectivity index (χ1) is 5.42. The van der Waals surface area contributed by atoms with Gasteiger partial charge in [-0.05, 0) is 11.1 Å². The maximum Gasteiger partial charge on any atom is 0.141 e. The second kappa shape index (κ2) is 2.47. The second-order valence-electron chi connectivity index (χ2n) is 2.69. The van der Waals surface area contributed by atoms with E-state index in [4.69, 9.17) is 0 Å². The van der Waals surface area contributed by atoms with E-state index in [9.17, 15) is 4.79 Å². The van der Waals surface area contributed by atoms with Gasteiger partial charge in [-0.25, -0.2) is 0 Å². The Morgan fingerprint density at radius 3 is 3.09 bits per heavy atom. The predicted molar refractivity (Wildman–Crippen MR) is 42.1 cm³/mol. The van der Waals surface area contributed by atoms with E-state index in [1.54, 1.807) is 0 Å². The van der Waals surface area contributed by atoms with E-state index in [1.165, 1.54) is 5.56 Å². The second-order valence-corrected chi connectivity index (χ2v) is 2.69. The van der Waals surface area contributed by atoms with Crippen molar-refractivity contribution >= 4 is 6.29 Å². The summed E-state index contributed by atoms with van der Waals surface area (Å²) in [5.41, 5.74) is 2.37. The zero-order valence-electron chi connectivity index (χ0n) is 6.08. The van der Waals surface area contributed by atoms with Crippen LogP contribution in [0.3, 0.4) is 0 Å². The summed E-state index contributed by atoms with van der Waals surface area (Å²) in [5.74, 6) is 0. The van der Waals surface area contributed by atoms with Crippen LogP contribution in [-0.2, 0) is 11.3 Å². The van der Waals surface area contributed by atoms with Crippen LogP contribution in [0.1, 0.15) is 17.2 Å². The third kappa shape index (κ3) is 0.955. The lowest BCUT2D eigenvalue weighted by Gasteiger charge is -2.00. The standard InChI is InChI=1S/C9H9NO/c11-6-9-8-4-2-1-3-7(8)5-10-9/h1-4,6,9-10H,5H2. The quantitative estimate of drug-likeness (QED) is 0.601. The van der Waals surface area contributed by atoms with Crippen molar-refractivity contribution in [2.24, 2.45) is 0 Å². The molecule has 11 heavy (non-hydrogen) atoms. The van der Waals surface area contributed by atoms with Crippen molar-refractivity contribution in [3.63, 3.8) is 0 Å². The third-order valence-electron chi connectivity index (χ3n) is 2.04. The van der Waals surface area contributed by atoms with Gasteiger partial charge in [0.1, 0.15) is 6.29 Å². The minimum absolute atomic E-state index is 0.0776. The van der Waals surface area contributed by atoms with Gasteiger partial charge in [0, 0.05) is 6.54 Å². The molecule has 1 aliphatic rings. The number of fused-ring (bicyclic) bond motifs is 1. The van der Waals surface area contributed by atoms with Crippen LogP contribution in [0.2, 0.25) is 0 Å². The first-order valence-corrected chi connectivity index (χ1v) is 3.68. The van der Waals surface area contributed by atoms with Crippen LogP contribution in [0.15, 0.2) is 24.3 Å². The van der Waals surface area contributed by atoms with Gasteiger partial charge in [0.2, 0.25) is 0 Å². The molecule has 1 N–H and O–H groups in total. The summed E-state index contributed by atoms with van der Waals surface area (Å²) < 4.78 is 0. The Hall–Kier alpha value is -1.15. The molecule has 1 aromatic rings. The van der Waals surface area contributed by atoms with Crippen LogP contribution in [-0.4, -0.2) is 6.29 Å². The molecule has 0 fully saturated rings. The number of carbonyl (C=O) groups excluding carboxylic acids is 1. The van der Waals surface area contributed by atoms with Gasteiger partial charge in [0.15, 0.2) is 0 Å². The smallest absolute Gasteiger partial charge is 0.141 e. The monoisotopic (exact) mass is 147 g/mol. The highest BCUT2D eigenvalue weighted by molar-refractivity contribution is 5.64. The number of hydrogen-bond acceptors (Lipinski definition) is 2. The van der Waals surface area contributed by atoms with Crippen LogP contribution in [0.5, 0.6) is 0 Å². The number of benzene rings is 1. The van der Waals surface area contributed by atoms with Crippen LogP contribution >= 0.6 is 0 Å². The average molecular weight is 147 g/mol. The summed E-state index contributed by atoms with van der Waals surface area (Å²) in [4.78, 5) is 10.5. The number of rotatable bonds is 1. The topological polar surface area (TPSA) is 29.1 Å². The Labute approximate surface area is 65.2 Å². The van der Waals surface area contributed by atoms with E-state index in [0.717, 1.165) is 18.4 Å². The van der Waals surface area contributed by atoms with Gasteiger partial charge in [-0.1, -0.05) is 24.3 Å². The molecule has 1 aliphatic heterocycles.